The first kappa shape index (κ1) is 7.67. The van der Waals surface area contributed by atoms with Gasteiger partial charge < -0.3 is 10.1 Å². The number of anilines is 1. The van der Waals surface area contributed by atoms with Crippen LogP contribution in [0.2, 0.25) is 0 Å². The van der Waals surface area contributed by atoms with Crippen LogP contribution in [0.4, 0.5) is 10.5 Å². The number of hydrogen-bond acceptors (Lipinski definition) is 1. The number of carbonyl (C=O) groups is 1. The zero-order valence-corrected chi connectivity index (χ0v) is 6.74. The number of nitrogens with one attached hydrogen (secondary N) is 2. The lowest BCUT2D eigenvalue weighted by atomic mass is 10.2. The fraction of sp³-hybridized carbons (Fsp3) is 0. The van der Waals surface area contributed by atoms with Crippen molar-refractivity contribution in [1.29, 1.82) is 0 Å². The van der Waals surface area contributed by atoms with Gasteiger partial charge in [-0.15, -0.1) is 0 Å². The molecule has 2 rings (SSSR count). The van der Waals surface area contributed by atoms with E-state index in [0.29, 0.717) is 5.69 Å². The fourth-order valence-electron chi connectivity index (χ4n) is 1.25. The van der Waals surface area contributed by atoms with Gasteiger partial charge >= 0.3 is 6.09 Å². The van der Waals surface area contributed by atoms with Gasteiger partial charge in [0.15, 0.2) is 0 Å². The lowest BCUT2D eigenvalue weighted by Crippen LogP contribution is -2.06. The summed E-state index contributed by atoms with van der Waals surface area (Å²) < 4.78 is 0. The maximum absolute atomic E-state index is 10.3. The minimum Gasteiger partial charge on any atom is -0.465 e. The van der Waals surface area contributed by atoms with E-state index in [1.807, 2.05) is 18.3 Å². The van der Waals surface area contributed by atoms with E-state index in [9.17, 15) is 4.79 Å². The third-order valence-corrected chi connectivity index (χ3v) is 1.80. The fourth-order valence-corrected chi connectivity index (χ4v) is 1.25. The summed E-state index contributed by atoms with van der Waals surface area (Å²) >= 11 is 0. The maximum atomic E-state index is 10.3. The van der Waals surface area contributed by atoms with E-state index in [-0.39, 0.29) is 0 Å². The molecule has 0 aliphatic rings. The quantitative estimate of drug-likeness (QED) is 0.623. The molecule has 1 aromatic carbocycles. The molecule has 0 aliphatic carbocycles. The number of aromatic nitrogens is 1. The molecule has 4 nitrogen and oxygen atoms in total. The van der Waals surface area contributed by atoms with Crippen molar-refractivity contribution in [2.45, 2.75) is 0 Å². The summed E-state index contributed by atoms with van der Waals surface area (Å²) in [5, 5.41) is 11.8. The van der Waals surface area contributed by atoms with E-state index in [4.69, 9.17) is 5.11 Å². The molecule has 4 heteroatoms. The van der Waals surface area contributed by atoms with Gasteiger partial charge in [-0.1, -0.05) is 0 Å². The van der Waals surface area contributed by atoms with E-state index in [1.165, 1.54) is 0 Å². The Morgan fingerprint density at radius 3 is 3.00 bits per heavy atom. The summed E-state index contributed by atoms with van der Waals surface area (Å²) in [6.07, 6.45) is 0.768. The molecule has 0 fully saturated rings. The van der Waals surface area contributed by atoms with Gasteiger partial charge in [0.25, 0.3) is 0 Å². The second kappa shape index (κ2) is 2.82. The average molecular weight is 176 g/mol. The van der Waals surface area contributed by atoms with Crippen LogP contribution in [0.25, 0.3) is 10.9 Å². The normalized spacial score (nSPS) is 10.2. The number of H-pyrrole nitrogens is 1. The Hall–Kier alpha value is -1.97. The van der Waals surface area contributed by atoms with Gasteiger partial charge in [-0.05, 0) is 24.3 Å². The van der Waals surface area contributed by atoms with Crippen LogP contribution in [0.5, 0.6) is 0 Å². The zero-order chi connectivity index (χ0) is 9.26. The van der Waals surface area contributed by atoms with Crippen LogP contribution in [-0.4, -0.2) is 16.2 Å². The summed E-state index contributed by atoms with van der Waals surface area (Å²) in [4.78, 5) is 13.3. The number of hydrogen-bond donors (Lipinski definition) is 3. The van der Waals surface area contributed by atoms with Gasteiger partial charge in [0, 0.05) is 22.8 Å². The zero-order valence-electron chi connectivity index (χ0n) is 6.74. The lowest BCUT2D eigenvalue weighted by molar-refractivity contribution is 0.210. The van der Waals surface area contributed by atoms with Gasteiger partial charge in [-0.2, -0.15) is 0 Å². The van der Waals surface area contributed by atoms with Gasteiger partial charge in [-0.3, -0.25) is 5.32 Å². The summed E-state index contributed by atoms with van der Waals surface area (Å²) in [6, 6.07) is 7.22. The summed E-state index contributed by atoms with van der Waals surface area (Å²) in [5.74, 6) is 0. The highest BCUT2D eigenvalue weighted by Crippen LogP contribution is 2.17. The molecule has 1 aromatic heterocycles. The number of amides is 1. The Labute approximate surface area is 74.2 Å². The molecule has 0 aliphatic heterocycles. The third-order valence-electron chi connectivity index (χ3n) is 1.80. The van der Waals surface area contributed by atoms with Crippen molar-refractivity contribution in [1.82, 2.24) is 4.98 Å². The Kier molecular flexibility index (Phi) is 1.66. The van der Waals surface area contributed by atoms with Crippen LogP contribution >= 0.6 is 0 Å². The predicted molar refractivity (Wildman–Crippen MR) is 49.9 cm³/mol. The topological polar surface area (TPSA) is 65.1 Å². The molecule has 0 bridgehead atoms. The van der Waals surface area contributed by atoms with E-state index in [1.54, 1.807) is 12.1 Å². The lowest BCUT2D eigenvalue weighted by Gasteiger charge is -1.99. The van der Waals surface area contributed by atoms with Gasteiger partial charge in [-0.25, -0.2) is 4.79 Å². The Morgan fingerprint density at radius 2 is 2.23 bits per heavy atom. The molecule has 0 saturated heterocycles. The number of carboxylic acid groups (broad SMARTS) is 1. The molecule has 13 heavy (non-hydrogen) atoms. The Bertz CT molecular complexity index is 448. The molecule has 0 saturated carbocycles. The van der Waals surface area contributed by atoms with Gasteiger partial charge in [0.1, 0.15) is 0 Å². The molecule has 0 unspecified atom stereocenters. The Morgan fingerprint density at radius 1 is 1.38 bits per heavy atom. The van der Waals surface area contributed by atoms with Crippen molar-refractivity contribution in [2.75, 3.05) is 5.32 Å². The van der Waals surface area contributed by atoms with Crippen molar-refractivity contribution in [3.8, 4) is 0 Å². The molecular formula is C9H8N2O2. The standard InChI is InChI=1S/C9H8N2O2/c12-9(13)11-7-1-2-8-6(5-7)3-4-10-8/h1-5,10-11H,(H,12,13). The first-order chi connectivity index (χ1) is 6.25. The van der Waals surface area contributed by atoms with Gasteiger partial charge in [0.2, 0.25) is 0 Å². The van der Waals surface area contributed by atoms with Crippen molar-refractivity contribution in [3.05, 3.63) is 30.5 Å². The smallest absolute Gasteiger partial charge is 0.409 e. The highest BCUT2D eigenvalue weighted by Gasteiger charge is 1.99. The Balaban J connectivity index is 2.42. The van der Waals surface area contributed by atoms with Crippen molar-refractivity contribution < 1.29 is 9.90 Å². The SMILES string of the molecule is O=C(O)Nc1ccc2[nH]ccc2c1. The summed E-state index contributed by atoms with van der Waals surface area (Å²) in [6.45, 7) is 0. The summed E-state index contributed by atoms with van der Waals surface area (Å²) in [7, 11) is 0. The molecule has 3 N–H and O–H groups in total. The molecule has 1 heterocycles. The van der Waals surface area contributed by atoms with Crippen LogP contribution in [-0.2, 0) is 0 Å². The van der Waals surface area contributed by atoms with Crippen molar-refractivity contribution >= 4 is 22.7 Å². The van der Waals surface area contributed by atoms with Crippen LogP contribution in [0, 0.1) is 0 Å². The van der Waals surface area contributed by atoms with E-state index in [2.05, 4.69) is 10.3 Å². The van der Waals surface area contributed by atoms with E-state index < -0.39 is 6.09 Å². The second-order valence-electron chi connectivity index (χ2n) is 2.71. The predicted octanol–water partition coefficient (Wildman–Crippen LogP) is 2.26. The molecule has 2 aromatic rings. The van der Waals surface area contributed by atoms with Crippen LogP contribution < -0.4 is 5.32 Å². The molecule has 0 spiro atoms. The number of fused-ring (bicyclic) bond motifs is 1. The third kappa shape index (κ3) is 1.46. The summed E-state index contributed by atoms with van der Waals surface area (Å²) in [5.41, 5.74) is 1.58. The second-order valence-corrected chi connectivity index (χ2v) is 2.71. The van der Waals surface area contributed by atoms with E-state index in [0.717, 1.165) is 10.9 Å². The monoisotopic (exact) mass is 176 g/mol. The van der Waals surface area contributed by atoms with Crippen LogP contribution in [0.15, 0.2) is 30.5 Å². The van der Waals surface area contributed by atoms with Crippen LogP contribution in [0.3, 0.4) is 0 Å². The number of benzene rings is 1. The highest BCUT2D eigenvalue weighted by atomic mass is 16.4. The molecule has 0 atom stereocenters. The first-order valence-corrected chi connectivity index (χ1v) is 3.83. The molecular weight excluding hydrogens is 168 g/mol. The van der Waals surface area contributed by atoms with Crippen LogP contribution in [0.1, 0.15) is 0 Å². The average Bonchev–Trinajstić information content (AvgIpc) is 2.49. The molecule has 1 amide bonds. The maximum Gasteiger partial charge on any atom is 0.409 e. The minimum absolute atomic E-state index is 0.583. The first-order valence-electron chi connectivity index (χ1n) is 3.83. The van der Waals surface area contributed by atoms with Crippen molar-refractivity contribution in [3.63, 3.8) is 0 Å². The molecule has 0 radical (unpaired) electrons. The van der Waals surface area contributed by atoms with Crippen molar-refractivity contribution in [2.24, 2.45) is 0 Å². The number of aromatic amines is 1. The van der Waals surface area contributed by atoms with E-state index >= 15 is 0 Å². The minimum atomic E-state index is -1.05. The highest BCUT2D eigenvalue weighted by molar-refractivity contribution is 5.89. The number of rotatable bonds is 1. The largest absolute Gasteiger partial charge is 0.465 e. The molecule has 66 valence electrons. The van der Waals surface area contributed by atoms with Gasteiger partial charge in [0.05, 0.1) is 0 Å².